The van der Waals surface area contributed by atoms with E-state index >= 15 is 0 Å². The molecular weight excluding hydrogens is 278 g/mol. The van der Waals surface area contributed by atoms with E-state index in [1.165, 1.54) is 6.92 Å². The van der Waals surface area contributed by atoms with Crippen molar-refractivity contribution in [2.24, 2.45) is 5.73 Å². The Balaban J connectivity index is 4.58. The van der Waals surface area contributed by atoms with Crippen LogP contribution in [0.4, 0.5) is 0 Å². The molecule has 0 rings (SSSR count). The standard InChI is InChI=1S/C11H20ClNO4S/c1-5-18(15,16)9(12)6-8(13)7-10(14)17-11(2,3)4/h6,8H,5,7,13H2,1-4H3/t8-/m1/s1. The van der Waals surface area contributed by atoms with Crippen molar-refractivity contribution in [1.29, 1.82) is 0 Å². The Bertz CT molecular complexity index is 423. The third-order valence-corrected chi connectivity index (χ3v) is 4.17. The zero-order chi connectivity index (χ0) is 14.6. The maximum atomic E-state index is 11.4. The molecule has 0 aromatic heterocycles. The van der Waals surface area contributed by atoms with Gasteiger partial charge in [-0.25, -0.2) is 8.42 Å². The summed E-state index contributed by atoms with van der Waals surface area (Å²) in [6.45, 7) is 6.69. The number of carbonyl (C=O) groups excluding carboxylic acids is 1. The summed E-state index contributed by atoms with van der Waals surface area (Å²) < 4.78 is 27.5. The van der Waals surface area contributed by atoms with E-state index in [1.54, 1.807) is 20.8 Å². The van der Waals surface area contributed by atoms with Gasteiger partial charge in [0, 0.05) is 6.04 Å². The van der Waals surface area contributed by atoms with Crippen LogP contribution in [-0.4, -0.2) is 31.8 Å². The summed E-state index contributed by atoms with van der Waals surface area (Å²) in [6, 6.07) is -0.784. The van der Waals surface area contributed by atoms with Crippen LogP contribution in [-0.2, 0) is 19.4 Å². The van der Waals surface area contributed by atoms with Crippen LogP contribution >= 0.6 is 11.6 Å². The van der Waals surface area contributed by atoms with Crippen LogP contribution < -0.4 is 5.73 Å². The Hall–Kier alpha value is -0.590. The highest BCUT2D eigenvalue weighted by Crippen LogP contribution is 2.15. The number of carbonyl (C=O) groups is 1. The number of nitrogens with two attached hydrogens (primary N) is 1. The largest absolute Gasteiger partial charge is 0.460 e. The van der Waals surface area contributed by atoms with Crippen LogP contribution in [0.3, 0.4) is 0 Å². The second-order valence-electron chi connectivity index (χ2n) is 4.83. The molecule has 0 fully saturated rings. The predicted octanol–water partition coefficient (Wildman–Crippen LogP) is 1.56. The molecule has 0 amide bonds. The SMILES string of the molecule is CCS(=O)(=O)C(Cl)=C[C@@H](N)CC(=O)OC(C)(C)C. The minimum Gasteiger partial charge on any atom is -0.460 e. The van der Waals surface area contributed by atoms with Crippen molar-refractivity contribution < 1.29 is 17.9 Å². The second-order valence-corrected chi connectivity index (χ2v) is 7.71. The summed E-state index contributed by atoms with van der Waals surface area (Å²) in [7, 11) is -3.47. The van der Waals surface area contributed by atoms with Crippen LogP contribution in [0.1, 0.15) is 34.1 Å². The van der Waals surface area contributed by atoms with Crippen molar-refractivity contribution in [3.8, 4) is 0 Å². The summed E-state index contributed by atoms with van der Waals surface area (Å²) in [5, 5.41) is 0. The molecular formula is C11H20ClNO4S. The second kappa shape index (κ2) is 6.54. The Morgan fingerprint density at radius 1 is 1.44 bits per heavy atom. The molecule has 0 radical (unpaired) electrons. The van der Waals surface area contributed by atoms with Crippen LogP contribution in [0, 0.1) is 0 Å². The number of ether oxygens (including phenoxy) is 1. The number of halogens is 1. The third kappa shape index (κ3) is 6.98. The molecule has 0 saturated heterocycles. The molecule has 0 saturated carbocycles. The monoisotopic (exact) mass is 297 g/mol. The Kier molecular flexibility index (Phi) is 6.33. The molecule has 5 nitrogen and oxygen atoms in total. The summed E-state index contributed by atoms with van der Waals surface area (Å²) in [5.74, 6) is -0.605. The lowest BCUT2D eigenvalue weighted by atomic mass is 10.2. The third-order valence-electron chi connectivity index (χ3n) is 1.84. The lowest BCUT2D eigenvalue weighted by molar-refractivity contribution is -0.154. The summed E-state index contributed by atoms with van der Waals surface area (Å²) in [6.07, 6.45) is 1.04. The van der Waals surface area contributed by atoms with Gasteiger partial charge in [-0.15, -0.1) is 0 Å². The van der Waals surface area contributed by atoms with Gasteiger partial charge in [-0.2, -0.15) is 0 Å². The smallest absolute Gasteiger partial charge is 0.308 e. The molecule has 106 valence electrons. The predicted molar refractivity (Wildman–Crippen MR) is 71.8 cm³/mol. The first-order valence-corrected chi connectivity index (χ1v) is 7.58. The molecule has 0 bridgehead atoms. The molecule has 18 heavy (non-hydrogen) atoms. The van der Waals surface area contributed by atoms with Gasteiger partial charge in [0.05, 0.1) is 12.2 Å². The van der Waals surface area contributed by atoms with Crippen molar-refractivity contribution in [3.05, 3.63) is 10.4 Å². The van der Waals surface area contributed by atoms with E-state index in [1.807, 2.05) is 0 Å². The van der Waals surface area contributed by atoms with E-state index in [0.29, 0.717) is 0 Å². The van der Waals surface area contributed by atoms with Gasteiger partial charge in [0.2, 0.25) is 0 Å². The topological polar surface area (TPSA) is 86.5 Å². The zero-order valence-electron chi connectivity index (χ0n) is 11.1. The van der Waals surface area contributed by atoms with E-state index in [-0.39, 0.29) is 16.5 Å². The van der Waals surface area contributed by atoms with Gasteiger partial charge < -0.3 is 10.5 Å². The number of sulfone groups is 1. The van der Waals surface area contributed by atoms with Crippen molar-refractivity contribution in [2.45, 2.75) is 45.8 Å². The van der Waals surface area contributed by atoms with Crippen LogP contribution in [0.15, 0.2) is 10.4 Å². The molecule has 0 aliphatic rings. The van der Waals surface area contributed by atoms with Gasteiger partial charge in [-0.3, -0.25) is 4.79 Å². The lowest BCUT2D eigenvalue weighted by Crippen LogP contribution is -2.29. The highest BCUT2D eigenvalue weighted by Gasteiger charge is 2.19. The highest BCUT2D eigenvalue weighted by molar-refractivity contribution is 7.96. The Morgan fingerprint density at radius 3 is 2.33 bits per heavy atom. The maximum Gasteiger partial charge on any atom is 0.308 e. The highest BCUT2D eigenvalue weighted by atomic mass is 35.5. The molecule has 0 aliphatic heterocycles. The van der Waals surface area contributed by atoms with Gasteiger partial charge in [0.25, 0.3) is 0 Å². The van der Waals surface area contributed by atoms with E-state index < -0.39 is 27.4 Å². The normalized spacial score (nSPS) is 15.3. The van der Waals surface area contributed by atoms with E-state index in [4.69, 9.17) is 22.1 Å². The quantitative estimate of drug-likeness (QED) is 0.778. The number of esters is 1. The van der Waals surface area contributed by atoms with E-state index in [0.717, 1.165) is 6.08 Å². The minimum absolute atomic E-state index is 0.110. The van der Waals surface area contributed by atoms with Gasteiger partial charge in [0.1, 0.15) is 9.97 Å². The van der Waals surface area contributed by atoms with Crippen molar-refractivity contribution in [2.75, 3.05) is 5.75 Å². The molecule has 1 atom stereocenters. The molecule has 0 spiro atoms. The number of hydrogen-bond donors (Lipinski definition) is 1. The molecule has 0 aromatic carbocycles. The lowest BCUT2D eigenvalue weighted by Gasteiger charge is -2.20. The van der Waals surface area contributed by atoms with Crippen LogP contribution in [0.25, 0.3) is 0 Å². The van der Waals surface area contributed by atoms with E-state index in [2.05, 4.69) is 0 Å². The van der Waals surface area contributed by atoms with Crippen molar-refractivity contribution in [1.82, 2.24) is 0 Å². The Morgan fingerprint density at radius 2 is 1.94 bits per heavy atom. The minimum atomic E-state index is -3.47. The summed E-state index contributed by atoms with van der Waals surface area (Å²) in [4.78, 5) is 11.4. The summed E-state index contributed by atoms with van der Waals surface area (Å²) >= 11 is 5.63. The number of hydrogen-bond acceptors (Lipinski definition) is 5. The maximum absolute atomic E-state index is 11.4. The molecule has 0 unspecified atom stereocenters. The van der Waals surface area contributed by atoms with Crippen LogP contribution in [0.5, 0.6) is 0 Å². The van der Waals surface area contributed by atoms with Crippen molar-refractivity contribution in [3.63, 3.8) is 0 Å². The van der Waals surface area contributed by atoms with E-state index in [9.17, 15) is 13.2 Å². The molecule has 2 N–H and O–H groups in total. The number of rotatable bonds is 5. The Labute approximate surface area is 113 Å². The van der Waals surface area contributed by atoms with Gasteiger partial charge in [-0.05, 0) is 26.8 Å². The summed E-state index contributed by atoms with van der Waals surface area (Å²) in [5.41, 5.74) is 5.02. The average Bonchev–Trinajstić information content (AvgIpc) is 2.13. The van der Waals surface area contributed by atoms with Gasteiger partial charge in [-0.1, -0.05) is 18.5 Å². The molecule has 7 heteroatoms. The first-order valence-electron chi connectivity index (χ1n) is 5.55. The molecule has 0 aromatic rings. The van der Waals surface area contributed by atoms with Crippen molar-refractivity contribution >= 4 is 27.4 Å². The van der Waals surface area contributed by atoms with Gasteiger partial charge in [0.15, 0.2) is 9.84 Å². The van der Waals surface area contributed by atoms with Crippen LogP contribution in [0.2, 0.25) is 0 Å². The first-order chi connectivity index (χ1) is 7.98. The fraction of sp³-hybridized carbons (Fsp3) is 0.727. The first kappa shape index (κ1) is 17.4. The fourth-order valence-corrected chi connectivity index (χ4v) is 2.19. The molecule has 0 heterocycles. The average molecular weight is 298 g/mol. The fourth-order valence-electron chi connectivity index (χ4n) is 1.04. The zero-order valence-corrected chi connectivity index (χ0v) is 12.6. The molecule has 0 aliphatic carbocycles. The van der Waals surface area contributed by atoms with Gasteiger partial charge >= 0.3 is 5.97 Å².